The van der Waals surface area contributed by atoms with Crippen molar-refractivity contribution in [2.45, 2.75) is 0 Å². The molecular formula is C11H9BrClN5O. The van der Waals surface area contributed by atoms with E-state index in [0.29, 0.717) is 21.1 Å². The molecule has 0 saturated heterocycles. The van der Waals surface area contributed by atoms with Crippen molar-refractivity contribution in [3.63, 3.8) is 0 Å². The molecule has 0 aromatic carbocycles. The molecule has 0 spiro atoms. The molecule has 0 radical (unpaired) electrons. The summed E-state index contributed by atoms with van der Waals surface area (Å²) in [6.07, 6.45) is 3.12. The fourth-order valence-electron chi connectivity index (χ4n) is 1.23. The molecule has 0 bridgehead atoms. The Morgan fingerprint density at radius 3 is 2.79 bits per heavy atom. The van der Waals surface area contributed by atoms with E-state index in [1.54, 1.807) is 30.5 Å². The first-order valence-corrected chi connectivity index (χ1v) is 6.34. The van der Waals surface area contributed by atoms with Crippen molar-refractivity contribution >= 4 is 45.0 Å². The highest BCUT2D eigenvalue weighted by Gasteiger charge is 2.03. The Balaban J connectivity index is 2.21. The monoisotopic (exact) mass is 341 g/mol. The molecule has 0 amide bonds. The van der Waals surface area contributed by atoms with Gasteiger partial charge in [-0.25, -0.2) is 15.4 Å². The van der Waals surface area contributed by atoms with E-state index in [0.717, 1.165) is 0 Å². The number of nitrogens with zero attached hydrogens (tertiary/aromatic N) is 3. The van der Waals surface area contributed by atoms with Crippen molar-refractivity contribution < 1.29 is 5.21 Å². The van der Waals surface area contributed by atoms with E-state index >= 15 is 0 Å². The van der Waals surface area contributed by atoms with Gasteiger partial charge in [-0.2, -0.15) is 4.99 Å². The van der Waals surface area contributed by atoms with E-state index in [1.165, 1.54) is 6.20 Å². The van der Waals surface area contributed by atoms with E-state index < -0.39 is 0 Å². The van der Waals surface area contributed by atoms with Crippen LogP contribution >= 0.6 is 27.5 Å². The molecule has 8 heteroatoms. The highest BCUT2D eigenvalue weighted by Crippen LogP contribution is 2.21. The molecule has 0 aliphatic rings. The highest BCUT2D eigenvalue weighted by atomic mass is 79.9. The van der Waals surface area contributed by atoms with Crippen molar-refractivity contribution in [2.75, 3.05) is 5.32 Å². The van der Waals surface area contributed by atoms with Gasteiger partial charge in [0.05, 0.1) is 16.4 Å². The number of hydrogen-bond acceptors (Lipinski definition) is 4. The number of rotatable bonds is 2. The second-order valence-electron chi connectivity index (χ2n) is 3.38. The maximum absolute atomic E-state index is 9.06. The standard InChI is InChI=1S/C11H9BrClN5O/c12-8-2-1-5-14-10(8)17-11(18-19)16-7-3-4-9(13)15-6-7/h1-6,19H,(H2,14,16,17,18). The average Bonchev–Trinajstić information content (AvgIpc) is 2.43. The van der Waals surface area contributed by atoms with Crippen LogP contribution in [0.4, 0.5) is 11.5 Å². The van der Waals surface area contributed by atoms with Gasteiger partial charge in [0, 0.05) is 6.20 Å². The molecule has 0 unspecified atom stereocenters. The fraction of sp³-hybridized carbons (Fsp3) is 0. The van der Waals surface area contributed by atoms with Crippen LogP contribution in [0.1, 0.15) is 0 Å². The van der Waals surface area contributed by atoms with Crippen molar-refractivity contribution in [2.24, 2.45) is 4.99 Å². The Kier molecular flexibility index (Phi) is 4.67. The van der Waals surface area contributed by atoms with Gasteiger partial charge in [-0.15, -0.1) is 0 Å². The van der Waals surface area contributed by atoms with Crippen LogP contribution in [0.3, 0.4) is 0 Å². The average molecular weight is 343 g/mol. The highest BCUT2D eigenvalue weighted by molar-refractivity contribution is 9.10. The summed E-state index contributed by atoms with van der Waals surface area (Å²) >= 11 is 8.99. The van der Waals surface area contributed by atoms with Gasteiger partial charge in [-0.3, -0.25) is 5.21 Å². The molecule has 19 heavy (non-hydrogen) atoms. The molecule has 2 heterocycles. The van der Waals surface area contributed by atoms with Gasteiger partial charge in [0.15, 0.2) is 5.82 Å². The first-order chi connectivity index (χ1) is 9.19. The minimum atomic E-state index is 0.114. The zero-order valence-electron chi connectivity index (χ0n) is 9.51. The van der Waals surface area contributed by atoms with Gasteiger partial charge in [-0.05, 0) is 40.2 Å². The van der Waals surface area contributed by atoms with Crippen molar-refractivity contribution in [1.82, 2.24) is 15.4 Å². The molecule has 0 fully saturated rings. The predicted octanol–water partition coefficient (Wildman–Crippen LogP) is 2.97. The van der Waals surface area contributed by atoms with Crippen LogP contribution in [-0.4, -0.2) is 21.1 Å². The quantitative estimate of drug-likeness (QED) is 0.338. The number of aliphatic imine (C=N–C) groups is 1. The number of hydrogen-bond donors (Lipinski definition) is 3. The maximum Gasteiger partial charge on any atom is 0.226 e. The summed E-state index contributed by atoms with van der Waals surface area (Å²) in [5.74, 6) is 0.539. The molecule has 2 aromatic heterocycles. The van der Waals surface area contributed by atoms with Gasteiger partial charge in [-0.1, -0.05) is 11.6 Å². The number of aromatic nitrogens is 2. The van der Waals surface area contributed by atoms with Crippen molar-refractivity contribution in [1.29, 1.82) is 0 Å². The van der Waals surface area contributed by atoms with Crippen LogP contribution in [0, 0.1) is 0 Å². The third-order valence-corrected chi connectivity index (χ3v) is 2.90. The van der Waals surface area contributed by atoms with E-state index in [2.05, 4.69) is 36.2 Å². The smallest absolute Gasteiger partial charge is 0.226 e. The molecule has 2 aromatic rings. The molecule has 6 nitrogen and oxygen atoms in total. The predicted molar refractivity (Wildman–Crippen MR) is 76.8 cm³/mol. The number of pyridine rings is 2. The number of nitrogens with one attached hydrogen (secondary N) is 2. The summed E-state index contributed by atoms with van der Waals surface area (Å²) in [6.45, 7) is 0. The summed E-state index contributed by atoms with van der Waals surface area (Å²) < 4.78 is 0.707. The Bertz CT molecular complexity index is 590. The van der Waals surface area contributed by atoms with Gasteiger partial charge in [0.2, 0.25) is 5.96 Å². The molecule has 0 atom stereocenters. The van der Waals surface area contributed by atoms with E-state index in [-0.39, 0.29) is 5.96 Å². The van der Waals surface area contributed by atoms with Crippen LogP contribution in [-0.2, 0) is 0 Å². The number of anilines is 1. The fourth-order valence-corrected chi connectivity index (χ4v) is 1.69. The van der Waals surface area contributed by atoms with Gasteiger partial charge in [0.1, 0.15) is 5.15 Å². The Hall–Kier alpha value is -1.70. The van der Waals surface area contributed by atoms with E-state index in [9.17, 15) is 0 Å². The topological polar surface area (TPSA) is 82.4 Å². The van der Waals surface area contributed by atoms with Crippen LogP contribution < -0.4 is 10.8 Å². The lowest BCUT2D eigenvalue weighted by atomic mass is 10.4. The van der Waals surface area contributed by atoms with Gasteiger partial charge in [0.25, 0.3) is 0 Å². The minimum absolute atomic E-state index is 0.114. The zero-order valence-corrected chi connectivity index (χ0v) is 11.9. The first kappa shape index (κ1) is 13.7. The summed E-state index contributed by atoms with van der Waals surface area (Å²) in [7, 11) is 0. The zero-order chi connectivity index (χ0) is 13.7. The number of halogens is 2. The summed E-state index contributed by atoms with van der Waals surface area (Å²) in [4.78, 5) is 12.1. The van der Waals surface area contributed by atoms with Gasteiger partial charge >= 0.3 is 0 Å². The largest absolute Gasteiger partial charge is 0.323 e. The first-order valence-electron chi connectivity index (χ1n) is 5.17. The van der Waals surface area contributed by atoms with Gasteiger partial charge < -0.3 is 5.32 Å². The van der Waals surface area contributed by atoms with Crippen LogP contribution in [0.15, 0.2) is 46.1 Å². The maximum atomic E-state index is 9.06. The molecular weight excluding hydrogens is 334 g/mol. The SMILES string of the molecule is ONC(=Nc1ncccc1Br)Nc1ccc(Cl)nc1. The van der Waals surface area contributed by atoms with Crippen LogP contribution in [0.5, 0.6) is 0 Å². The van der Waals surface area contributed by atoms with E-state index in [4.69, 9.17) is 16.8 Å². The molecule has 0 aliphatic heterocycles. The second-order valence-corrected chi connectivity index (χ2v) is 4.62. The molecule has 0 aliphatic carbocycles. The molecule has 2 rings (SSSR count). The third kappa shape index (κ3) is 3.88. The minimum Gasteiger partial charge on any atom is -0.323 e. The lowest BCUT2D eigenvalue weighted by Gasteiger charge is -2.08. The lowest BCUT2D eigenvalue weighted by Crippen LogP contribution is -2.27. The van der Waals surface area contributed by atoms with Crippen molar-refractivity contribution in [3.8, 4) is 0 Å². The second kappa shape index (κ2) is 6.46. The summed E-state index contributed by atoms with van der Waals surface area (Å²) in [6, 6.07) is 6.89. The van der Waals surface area contributed by atoms with Crippen LogP contribution in [0.25, 0.3) is 0 Å². The molecule has 3 N–H and O–H groups in total. The van der Waals surface area contributed by atoms with Crippen LogP contribution in [0.2, 0.25) is 5.15 Å². The number of guanidine groups is 1. The normalized spacial score (nSPS) is 11.2. The Morgan fingerprint density at radius 2 is 2.16 bits per heavy atom. The Labute approximate surface area is 122 Å². The van der Waals surface area contributed by atoms with Crippen molar-refractivity contribution in [3.05, 3.63) is 46.3 Å². The third-order valence-electron chi connectivity index (χ3n) is 2.05. The summed E-state index contributed by atoms with van der Waals surface area (Å²) in [5, 5.41) is 12.3. The number of hydroxylamine groups is 1. The summed E-state index contributed by atoms with van der Waals surface area (Å²) in [5.41, 5.74) is 2.58. The lowest BCUT2D eigenvalue weighted by molar-refractivity contribution is 0.234. The Morgan fingerprint density at radius 1 is 1.32 bits per heavy atom. The molecule has 98 valence electrons. The van der Waals surface area contributed by atoms with E-state index in [1.807, 2.05) is 5.48 Å². The molecule has 0 saturated carbocycles.